The van der Waals surface area contributed by atoms with Crippen molar-refractivity contribution in [3.05, 3.63) is 65.7 Å². The van der Waals surface area contributed by atoms with E-state index in [1.807, 2.05) is 68.4 Å². The minimum atomic E-state index is -0.580. The molecule has 162 valence electrons. The maximum absolute atomic E-state index is 13.2. The van der Waals surface area contributed by atoms with Crippen LogP contribution in [0, 0.1) is 11.8 Å². The predicted molar refractivity (Wildman–Crippen MR) is 120 cm³/mol. The lowest BCUT2D eigenvalue weighted by molar-refractivity contribution is -0.143. The normalized spacial score (nSPS) is 12.0. The second-order valence-electron chi connectivity index (χ2n) is 8.31. The van der Waals surface area contributed by atoms with Crippen molar-refractivity contribution < 1.29 is 14.3 Å². The summed E-state index contributed by atoms with van der Waals surface area (Å²) in [7, 11) is 1.62. The van der Waals surface area contributed by atoms with Crippen LogP contribution in [0.25, 0.3) is 0 Å². The predicted octanol–water partition coefficient (Wildman–Crippen LogP) is 4.06. The Morgan fingerprint density at radius 2 is 1.57 bits per heavy atom. The van der Waals surface area contributed by atoms with Crippen molar-refractivity contribution in [1.29, 1.82) is 0 Å². The quantitative estimate of drug-likeness (QED) is 0.642. The lowest BCUT2D eigenvalue weighted by atomic mass is 10.0. The van der Waals surface area contributed by atoms with Gasteiger partial charge in [-0.05, 0) is 29.2 Å². The lowest BCUT2D eigenvalue weighted by Gasteiger charge is -2.33. The fourth-order valence-electron chi connectivity index (χ4n) is 3.21. The van der Waals surface area contributed by atoms with Crippen LogP contribution >= 0.6 is 0 Å². The van der Waals surface area contributed by atoms with Crippen molar-refractivity contribution in [2.45, 2.75) is 46.7 Å². The van der Waals surface area contributed by atoms with Crippen LogP contribution in [-0.2, 0) is 22.6 Å². The third-order valence-electron chi connectivity index (χ3n) is 4.92. The summed E-state index contributed by atoms with van der Waals surface area (Å²) in [6, 6.07) is 16.9. The molecule has 30 heavy (non-hydrogen) atoms. The lowest BCUT2D eigenvalue weighted by Crippen LogP contribution is -2.52. The van der Waals surface area contributed by atoms with Gasteiger partial charge in [0.2, 0.25) is 11.8 Å². The summed E-state index contributed by atoms with van der Waals surface area (Å²) >= 11 is 0. The molecule has 2 amide bonds. The molecule has 2 aromatic rings. The molecule has 0 aliphatic carbocycles. The molecule has 1 N–H and O–H groups in total. The van der Waals surface area contributed by atoms with Crippen molar-refractivity contribution >= 4 is 11.8 Å². The number of carbonyl (C=O) groups excluding carboxylic acids is 2. The minimum Gasteiger partial charge on any atom is -0.497 e. The van der Waals surface area contributed by atoms with Gasteiger partial charge < -0.3 is 15.0 Å². The van der Waals surface area contributed by atoms with Gasteiger partial charge in [0.05, 0.1) is 7.11 Å². The Hall–Kier alpha value is -2.82. The van der Waals surface area contributed by atoms with E-state index in [2.05, 4.69) is 19.2 Å². The van der Waals surface area contributed by atoms with Crippen molar-refractivity contribution in [3.63, 3.8) is 0 Å². The van der Waals surface area contributed by atoms with Crippen molar-refractivity contribution in [2.75, 3.05) is 13.7 Å². The highest BCUT2D eigenvalue weighted by Gasteiger charge is 2.31. The largest absolute Gasteiger partial charge is 0.497 e. The number of methoxy groups -OCH3 is 1. The third kappa shape index (κ3) is 6.90. The molecule has 5 heteroatoms. The van der Waals surface area contributed by atoms with E-state index in [4.69, 9.17) is 4.74 Å². The van der Waals surface area contributed by atoms with E-state index in [0.717, 1.165) is 16.9 Å². The fraction of sp³-hybridized carbons (Fsp3) is 0.440. The van der Waals surface area contributed by atoms with Crippen molar-refractivity contribution in [1.82, 2.24) is 10.2 Å². The number of hydrogen-bond donors (Lipinski definition) is 1. The zero-order valence-electron chi connectivity index (χ0n) is 18.7. The maximum atomic E-state index is 13.2. The van der Waals surface area contributed by atoms with Gasteiger partial charge in [0.25, 0.3) is 0 Å². The van der Waals surface area contributed by atoms with Gasteiger partial charge in [-0.2, -0.15) is 0 Å². The molecule has 2 aromatic carbocycles. The van der Waals surface area contributed by atoms with E-state index in [1.165, 1.54) is 0 Å². The number of rotatable bonds is 10. The van der Waals surface area contributed by atoms with E-state index in [-0.39, 0.29) is 17.7 Å². The first-order valence-corrected chi connectivity index (χ1v) is 10.6. The molecule has 0 saturated carbocycles. The zero-order chi connectivity index (χ0) is 22.1. The monoisotopic (exact) mass is 410 g/mol. The zero-order valence-corrected chi connectivity index (χ0v) is 18.7. The van der Waals surface area contributed by atoms with E-state index in [0.29, 0.717) is 25.4 Å². The van der Waals surface area contributed by atoms with E-state index >= 15 is 0 Å². The first-order chi connectivity index (χ1) is 14.3. The minimum absolute atomic E-state index is 0.0357. The van der Waals surface area contributed by atoms with Crippen LogP contribution < -0.4 is 10.1 Å². The smallest absolute Gasteiger partial charge is 0.243 e. The molecule has 0 aromatic heterocycles. The molecular weight excluding hydrogens is 376 g/mol. The Labute approximate surface area is 180 Å². The Morgan fingerprint density at radius 3 is 2.10 bits per heavy atom. The molecule has 5 nitrogen and oxygen atoms in total. The van der Waals surface area contributed by atoms with Gasteiger partial charge in [-0.15, -0.1) is 0 Å². The van der Waals surface area contributed by atoms with Crippen LogP contribution in [0.4, 0.5) is 0 Å². The van der Waals surface area contributed by atoms with Crippen molar-refractivity contribution in [3.8, 4) is 5.75 Å². The molecule has 0 radical (unpaired) electrons. The second kappa shape index (κ2) is 11.4. The Kier molecular flexibility index (Phi) is 8.90. The second-order valence-corrected chi connectivity index (χ2v) is 8.31. The molecule has 1 atom stereocenters. The highest BCUT2D eigenvalue weighted by Crippen LogP contribution is 2.19. The molecule has 0 spiro atoms. The summed E-state index contributed by atoms with van der Waals surface area (Å²) in [5.41, 5.74) is 1.98. The number of nitrogens with zero attached hydrogens (tertiary/aromatic N) is 1. The van der Waals surface area contributed by atoms with Gasteiger partial charge in [-0.25, -0.2) is 0 Å². The van der Waals surface area contributed by atoms with Crippen LogP contribution in [0.2, 0.25) is 0 Å². The molecule has 0 bridgehead atoms. The number of hydrogen-bond acceptors (Lipinski definition) is 3. The molecule has 0 heterocycles. The number of carbonyl (C=O) groups is 2. The third-order valence-corrected chi connectivity index (χ3v) is 4.92. The van der Waals surface area contributed by atoms with E-state index in [1.54, 1.807) is 12.0 Å². The van der Waals surface area contributed by atoms with Crippen molar-refractivity contribution in [2.24, 2.45) is 11.8 Å². The van der Waals surface area contributed by atoms with Crippen LogP contribution in [0.3, 0.4) is 0 Å². The standard InChI is InChI=1S/C25H34N2O3/c1-18(2)16-26-24(28)23(15-20-9-7-6-8-10-20)27(25(29)19(3)4)17-21-11-13-22(30-5)14-12-21/h6-14,18-19,23H,15-17H2,1-5H3,(H,26,28). The Balaban J connectivity index is 2.35. The molecule has 0 aliphatic rings. The first kappa shape index (κ1) is 23.5. The molecular formula is C25H34N2O3. The highest BCUT2D eigenvalue weighted by molar-refractivity contribution is 5.88. The average Bonchev–Trinajstić information content (AvgIpc) is 2.75. The topological polar surface area (TPSA) is 58.6 Å². The fourth-order valence-corrected chi connectivity index (χ4v) is 3.21. The molecule has 2 rings (SSSR count). The SMILES string of the molecule is COc1ccc(CN(C(=O)C(C)C)C(Cc2ccccc2)C(=O)NCC(C)C)cc1. The van der Waals surface area contributed by atoms with Gasteiger partial charge in [0.1, 0.15) is 11.8 Å². The van der Waals surface area contributed by atoms with Gasteiger partial charge in [-0.3, -0.25) is 9.59 Å². The number of amides is 2. The van der Waals surface area contributed by atoms with Gasteiger partial charge in [-0.1, -0.05) is 70.2 Å². The number of nitrogens with one attached hydrogen (secondary N) is 1. The summed E-state index contributed by atoms with van der Waals surface area (Å²) in [6.45, 7) is 8.80. The number of ether oxygens (including phenoxy) is 1. The molecule has 0 fully saturated rings. The maximum Gasteiger partial charge on any atom is 0.243 e. The van der Waals surface area contributed by atoms with Crippen LogP contribution in [0.5, 0.6) is 5.75 Å². The summed E-state index contributed by atoms with van der Waals surface area (Å²) in [4.78, 5) is 28.1. The summed E-state index contributed by atoms with van der Waals surface area (Å²) in [6.07, 6.45) is 0.472. The van der Waals surface area contributed by atoms with E-state index < -0.39 is 6.04 Å². The Bertz CT molecular complexity index is 801. The summed E-state index contributed by atoms with van der Waals surface area (Å²) in [5.74, 6) is 0.735. The molecule has 1 unspecified atom stereocenters. The molecule has 0 aliphatic heterocycles. The average molecular weight is 411 g/mol. The number of benzene rings is 2. The van der Waals surface area contributed by atoms with Crippen LogP contribution in [0.1, 0.15) is 38.8 Å². The van der Waals surface area contributed by atoms with Crippen LogP contribution in [0.15, 0.2) is 54.6 Å². The molecule has 0 saturated heterocycles. The van der Waals surface area contributed by atoms with E-state index in [9.17, 15) is 9.59 Å². The highest BCUT2D eigenvalue weighted by atomic mass is 16.5. The van der Waals surface area contributed by atoms with Gasteiger partial charge in [0.15, 0.2) is 0 Å². The van der Waals surface area contributed by atoms with Gasteiger partial charge >= 0.3 is 0 Å². The van der Waals surface area contributed by atoms with Crippen LogP contribution in [-0.4, -0.2) is 36.4 Å². The Morgan fingerprint density at radius 1 is 0.933 bits per heavy atom. The summed E-state index contributed by atoms with van der Waals surface area (Å²) in [5, 5.41) is 3.03. The first-order valence-electron chi connectivity index (χ1n) is 10.6. The summed E-state index contributed by atoms with van der Waals surface area (Å²) < 4.78 is 5.23. The van der Waals surface area contributed by atoms with Gasteiger partial charge in [0, 0.05) is 25.4 Å².